The summed E-state index contributed by atoms with van der Waals surface area (Å²) in [6, 6.07) is 3.26. The molecule has 11 heteroatoms. The molecule has 0 saturated heterocycles. The first kappa shape index (κ1) is 15.2. The number of rotatable bonds is 4. The van der Waals surface area contributed by atoms with Gasteiger partial charge in [0.05, 0.1) is 24.1 Å². The number of nitrogens with zero attached hydrogens (tertiary/aromatic N) is 7. The lowest BCUT2D eigenvalue weighted by Crippen LogP contribution is -2.05. The van der Waals surface area contributed by atoms with Gasteiger partial charge in [-0.05, 0) is 18.6 Å². The number of alkyl halides is 1. The minimum atomic E-state index is -0.568. The van der Waals surface area contributed by atoms with Crippen molar-refractivity contribution >= 4 is 28.4 Å². The number of aromatic nitrogens is 7. The van der Waals surface area contributed by atoms with Gasteiger partial charge in [-0.1, -0.05) is 5.21 Å². The fourth-order valence-corrected chi connectivity index (χ4v) is 2.69. The van der Waals surface area contributed by atoms with Gasteiger partial charge in [-0.25, -0.2) is 18.6 Å². The van der Waals surface area contributed by atoms with Crippen LogP contribution in [0, 0.1) is 5.82 Å². The molecule has 0 aliphatic carbocycles. The molecule has 0 aromatic carbocycles. The Labute approximate surface area is 139 Å². The summed E-state index contributed by atoms with van der Waals surface area (Å²) in [7, 11) is 0. The Morgan fingerprint density at radius 2 is 2.00 bits per heavy atom. The van der Waals surface area contributed by atoms with Crippen molar-refractivity contribution in [2.24, 2.45) is 0 Å². The van der Waals surface area contributed by atoms with E-state index in [-0.39, 0.29) is 29.3 Å². The molecule has 0 bridgehead atoms. The third-order valence-corrected chi connectivity index (χ3v) is 3.75. The average molecular weight is 345 g/mol. The van der Waals surface area contributed by atoms with Crippen molar-refractivity contribution < 1.29 is 8.78 Å². The molecule has 4 heterocycles. The molecule has 9 nitrogen and oxygen atoms in total. The second-order valence-electron chi connectivity index (χ2n) is 5.39. The molecule has 0 spiro atoms. The van der Waals surface area contributed by atoms with Crippen molar-refractivity contribution in [2.45, 2.75) is 13.0 Å². The van der Waals surface area contributed by atoms with Crippen LogP contribution in [-0.4, -0.2) is 41.3 Å². The molecule has 0 atom stereocenters. The number of nitrogens with two attached hydrogens (primary N) is 2. The van der Waals surface area contributed by atoms with E-state index in [1.54, 1.807) is 12.1 Å². The van der Waals surface area contributed by atoms with Crippen LogP contribution in [0.1, 0.15) is 6.42 Å². The van der Waals surface area contributed by atoms with Gasteiger partial charge >= 0.3 is 0 Å². The number of fused-ring (bicyclic) bond motifs is 2. The van der Waals surface area contributed by atoms with Crippen LogP contribution < -0.4 is 11.5 Å². The Morgan fingerprint density at radius 1 is 1.16 bits per heavy atom. The molecule has 4 rings (SSSR count). The van der Waals surface area contributed by atoms with Gasteiger partial charge in [0.1, 0.15) is 11.0 Å². The van der Waals surface area contributed by atoms with Crippen molar-refractivity contribution in [1.29, 1.82) is 0 Å². The number of anilines is 2. The lowest BCUT2D eigenvalue weighted by molar-refractivity contribution is 0.434. The van der Waals surface area contributed by atoms with Crippen LogP contribution in [0.2, 0.25) is 0 Å². The monoisotopic (exact) mass is 345 g/mol. The highest BCUT2D eigenvalue weighted by Crippen LogP contribution is 2.31. The lowest BCUT2D eigenvalue weighted by Gasteiger charge is -2.04. The van der Waals surface area contributed by atoms with E-state index in [4.69, 9.17) is 11.5 Å². The summed E-state index contributed by atoms with van der Waals surface area (Å²) in [6.45, 7) is -0.153. The smallest absolute Gasteiger partial charge is 0.240 e. The Kier molecular flexibility index (Phi) is 3.41. The summed E-state index contributed by atoms with van der Waals surface area (Å²) in [4.78, 5) is 8.29. The van der Waals surface area contributed by atoms with Crippen LogP contribution >= 0.6 is 0 Å². The number of nitrogen functional groups attached to an aromatic ring is 2. The van der Waals surface area contributed by atoms with Gasteiger partial charge in [-0.2, -0.15) is 4.98 Å². The van der Waals surface area contributed by atoms with Gasteiger partial charge in [0.2, 0.25) is 5.95 Å². The molecule has 0 fully saturated rings. The minimum Gasteiger partial charge on any atom is -0.382 e. The summed E-state index contributed by atoms with van der Waals surface area (Å²) < 4.78 is 29.6. The largest absolute Gasteiger partial charge is 0.382 e. The summed E-state index contributed by atoms with van der Waals surface area (Å²) in [5.74, 6) is -0.595. The summed E-state index contributed by atoms with van der Waals surface area (Å²) in [6.07, 6.45) is 1.44. The molecule has 128 valence electrons. The number of pyridine rings is 1. The quantitative estimate of drug-likeness (QED) is 0.569. The lowest BCUT2D eigenvalue weighted by atomic mass is 10.1. The predicted octanol–water partition coefficient (Wildman–Crippen LogP) is 1.20. The summed E-state index contributed by atoms with van der Waals surface area (Å²) >= 11 is 0. The fourth-order valence-electron chi connectivity index (χ4n) is 2.69. The third-order valence-electron chi connectivity index (χ3n) is 3.75. The van der Waals surface area contributed by atoms with Crippen molar-refractivity contribution in [3.63, 3.8) is 0 Å². The summed E-state index contributed by atoms with van der Waals surface area (Å²) in [5, 5.41) is 11.8. The van der Waals surface area contributed by atoms with E-state index in [1.807, 2.05) is 0 Å². The molecule has 0 radical (unpaired) electrons. The molecule has 0 unspecified atom stereocenters. The zero-order chi connectivity index (χ0) is 17.6. The molecule has 4 aromatic heterocycles. The Hall–Kier alpha value is -3.37. The Bertz CT molecular complexity index is 1080. The van der Waals surface area contributed by atoms with Crippen molar-refractivity contribution in [1.82, 2.24) is 34.6 Å². The molecule has 0 saturated carbocycles. The van der Waals surface area contributed by atoms with Gasteiger partial charge in [0.15, 0.2) is 17.3 Å². The van der Waals surface area contributed by atoms with E-state index in [0.29, 0.717) is 23.4 Å². The maximum Gasteiger partial charge on any atom is 0.240 e. The fraction of sp³-hybridized carbons (Fsp3) is 0.214. The van der Waals surface area contributed by atoms with Gasteiger partial charge in [-0.15, -0.1) is 10.2 Å². The maximum absolute atomic E-state index is 14.5. The maximum atomic E-state index is 14.5. The van der Waals surface area contributed by atoms with E-state index in [1.165, 1.54) is 9.20 Å². The van der Waals surface area contributed by atoms with Crippen molar-refractivity contribution in [3.05, 3.63) is 24.1 Å². The third kappa shape index (κ3) is 2.40. The molecular weight excluding hydrogens is 332 g/mol. The second-order valence-corrected chi connectivity index (χ2v) is 5.39. The standard InChI is InChI=1S/C14H13F2N9/c15-4-1-5-24-13-9(21-23-24)3-2-8(19-13)10-7(16)6-25-11(10)12(17)20-14(18)22-25/h2-3,6H,1,4-5H2,(H4,17,18,20,22). The SMILES string of the molecule is Nc1nc(N)c2c(-c3ccc4nnn(CCCF)c4n3)c(F)cn2n1. The van der Waals surface area contributed by atoms with E-state index in [9.17, 15) is 8.78 Å². The molecule has 0 amide bonds. The predicted molar refractivity (Wildman–Crippen MR) is 86.7 cm³/mol. The van der Waals surface area contributed by atoms with E-state index in [0.717, 1.165) is 6.20 Å². The van der Waals surface area contributed by atoms with Gasteiger partial charge in [-0.3, -0.25) is 4.39 Å². The first-order chi connectivity index (χ1) is 12.1. The van der Waals surface area contributed by atoms with Crippen LogP contribution in [0.15, 0.2) is 18.3 Å². The number of aryl methyl sites for hydroxylation is 1. The first-order valence-corrected chi connectivity index (χ1v) is 7.45. The highest BCUT2D eigenvalue weighted by Gasteiger charge is 2.20. The minimum absolute atomic E-state index is 0.0392. The zero-order valence-electron chi connectivity index (χ0n) is 12.9. The molecule has 25 heavy (non-hydrogen) atoms. The highest BCUT2D eigenvalue weighted by atomic mass is 19.1. The normalized spacial score (nSPS) is 11.6. The number of halogens is 2. The van der Waals surface area contributed by atoms with Crippen LogP contribution in [0.25, 0.3) is 27.9 Å². The van der Waals surface area contributed by atoms with Crippen LogP contribution in [0.3, 0.4) is 0 Å². The highest BCUT2D eigenvalue weighted by molar-refractivity contribution is 5.88. The van der Waals surface area contributed by atoms with Gasteiger partial charge in [0, 0.05) is 6.54 Å². The first-order valence-electron chi connectivity index (χ1n) is 7.45. The molecule has 0 aliphatic heterocycles. The van der Waals surface area contributed by atoms with Crippen LogP contribution in [0.5, 0.6) is 0 Å². The molecule has 4 aromatic rings. The van der Waals surface area contributed by atoms with E-state index in [2.05, 4.69) is 25.4 Å². The van der Waals surface area contributed by atoms with Gasteiger partial charge in [0.25, 0.3) is 0 Å². The topological polar surface area (TPSA) is 126 Å². The zero-order valence-corrected chi connectivity index (χ0v) is 12.9. The van der Waals surface area contributed by atoms with Crippen LogP contribution in [-0.2, 0) is 6.54 Å². The average Bonchev–Trinajstić information content (AvgIpc) is 3.12. The van der Waals surface area contributed by atoms with E-state index >= 15 is 0 Å². The molecule has 4 N–H and O–H groups in total. The van der Waals surface area contributed by atoms with Gasteiger partial charge < -0.3 is 11.5 Å². The summed E-state index contributed by atoms with van der Waals surface area (Å²) in [5.41, 5.74) is 13.1. The van der Waals surface area contributed by atoms with E-state index < -0.39 is 12.5 Å². The number of hydrogen-bond donors (Lipinski definition) is 2. The molecule has 0 aliphatic rings. The van der Waals surface area contributed by atoms with Crippen molar-refractivity contribution in [3.8, 4) is 11.3 Å². The van der Waals surface area contributed by atoms with Crippen molar-refractivity contribution in [2.75, 3.05) is 18.1 Å². The number of hydrogen-bond acceptors (Lipinski definition) is 7. The Balaban J connectivity index is 1.92. The van der Waals surface area contributed by atoms with Crippen LogP contribution in [0.4, 0.5) is 20.5 Å². The molecular formula is C14H13F2N9. The Morgan fingerprint density at radius 3 is 2.80 bits per heavy atom. The second kappa shape index (κ2) is 5.61.